The molecule has 0 heterocycles. The van der Waals surface area contributed by atoms with Gasteiger partial charge in [-0.15, -0.1) is 5.11 Å². The molecule has 0 aliphatic carbocycles. The summed E-state index contributed by atoms with van der Waals surface area (Å²) in [7, 11) is -4.19. The maximum Gasteiger partial charge on any atom is 0.294 e. The summed E-state index contributed by atoms with van der Waals surface area (Å²) in [5, 5.41) is 8.39. The van der Waals surface area contributed by atoms with Gasteiger partial charge in [0.2, 0.25) is 0 Å². The van der Waals surface area contributed by atoms with Crippen molar-refractivity contribution in [2.45, 2.75) is 18.7 Å². The van der Waals surface area contributed by atoms with Crippen molar-refractivity contribution < 1.29 is 13.0 Å². The fraction of sp³-hybridized carbons (Fsp3) is 0.250. The Bertz CT molecular complexity index is 782. The standard InChI is InChI=1S/C16H19N3O3S/c1-3-19(4-2)16-8-6-5-7-15(16)18-17-13-9-11-14(12-10-13)23(20,21)22/h5-12H,3-4H2,1-2H3,(H,20,21,22). The van der Waals surface area contributed by atoms with Crippen LogP contribution < -0.4 is 4.90 Å². The molecule has 0 spiro atoms. The van der Waals surface area contributed by atoms with Gasteiger partial charge in [-0.3, -0.25) is 4.55 Å². The molecule has 0 unspecified atom stereocenters. The molecule has 6 nitrogen and oxygen atoms in total. The van der Waals surface area contributed by atoms with Crippen LogP contribution in [0.15, 0.2) is 63.7 Å². The van der Waals surface area contributed by atoms with Crippen molar-refractivity contribution in [3.05, 3.63) is 48.5 Å². The molecule has 122 valence electrons. The lowest BCUT2D eigenvalue weighted by molar-refractivity contribution is 0.483. The molecular formula is C16H19N3O3S. The number of hydrogen-bond donors (Lipinski definition) is 1. The zero-order valence-electron chi connectivity index (χ0n) is 13.0. The van der Waals surface area contributed by atoms with E-state index >= 15 is 0 Å². The second kappa shape index (κ2) is 7.34. The number of azo groups is 1. The molecule has 0 bridgehead atoms. The highest BCUT2D eigenvalue weighted by Crippen LogP contribution is 2.30. The Morgan fingerprint density at radius 1 is 0.957 bits per heavy atom. The van der Waals surface area contributed by atoms with Crippen LogP contribution in [0.1, 0.15) is 13.8 Å². The van der Waals surface area contributed by atoms with Gasteiger partial charge in [-0.25, -0.2) is 0 Å². The average molecular weight is 333 g/mol. The van der Waals surface area contributed by atoms with Gasteiger partial charge < -0.3 is 4.90 Å². The SMILES string of the molecule is CCN(CC)c1ccccc1N=Nc1ccc(S(=O)(=O)O)cc1. The summed E-state index contributed by atoms with van der Waals surface area (Å²) in [6.45, 7) is 5.88. The van der Waals surface area contributed by atoms with Gasteiger partial charge >= 0.3 is 0 Å². The molecule has 2 aromatic carbocycles. The van der Waals surface area contributed by atoms with E-state index in [1.165, 1.54) is 24.3 Å². The van der Waals surface area contributed by atoms with Crippen molar-refractivity contribution in [1.82, 2.24) is 0 Å². The van der Waals surface area contributed by atoms with Gasteiger partial charge in [-0.1, -0.05) is 12.1 Å². The minimum atomic E-state index is -4.19. The number of benzene rings is 2. The molecule has 0 saturated heterocycles. The second-order valence-electron chi connectivity index (χ2n) is 4.83. The first kappa shape index (κ1) is 17.1. The number of para-hydroxylation sites is 1. The minimum Gasteiger partial charge on any atom is -0.370 e. The molecule has 1 N–H and O–H groups in total. The maximum atomic E-state index is 11.0. The number of anilines is 1. The van der Waals surface area contributed by atoms with Crippen LogP contribution in [0.4, 0.5) is 17.1 Å². The number of nitrogens with zero attached hydrogens (tertiary/aromatic N) is 3. The summed E-state index contributed by atoms with van der Waals surface area (Å²) in [6.07, 6.45) is 0. The summed E-state index contributed by atoms with van der Waals surface area (Å²) >= 11 is 0. The molecule has 0 aliphatic heterocycles. The van der Waals surface area contributed by atoms with Crippen molar-refractivity contribution in [3.63, 3.8) is 0 Å². The highest BCUT2D eigenvalue weighted by atomic mass is 32.2. The number of hydrogen-bond acceptors (Lipinski definition) is 5. The van der Waals surface area contributed by atoms with E-state index in [9.17, 15) is 8.42 Å². The smallest absolute Gasteiger partial charge is 0.294 e. The fourth-order valence-electron chi connectivity index (χ4n) is 2.18. The monoisotopic (exact) mass is 333 g/mol. The molecule has 7 heteroatoms. The van der Waals surface area contributed by atoms with Crippen LogP contribution in [0.3, 0.4) is 0 Å². The van der Waals surface area contributed by atoms with E-state index in [-0.39, 0.29) is 4.90 Å². The van der Waals surface area contributed by atoms with Crippen molar-refractivity contribution in [2.24, 2.45) is 10.2 Å². The lowest BCUT2D eigenvalue weighted by Gasteiger charge is -2.22. The average Bonchev–Trinajstić information content (AvgIpc) is 2.54. The third-order valence-electron chi connectivity index (χ3n) is 3.39. The zero-order valence-corrected chi connectivity index (χ0v) is 13.9. The second-order valence-corrected chi connectivity index (χ2v) is 6.25. The van der Waals surface area contributed by atoms with Gasteiger partial charge in [0, 0.05) is 13.1 Å². The van der Waals surface area contributed by atoms with Gasteiger partial charge in [0.25, 0.3) is 10.1 Å². The molecule has 0 atom stereocenters. The van der Waals surface area contributed by atoms with Gasteiger partial charge in [-0.05, 0) is 50.2 Å². The van der Waals surface area contributed by atoms with E-state index < -0.39 is 10.1 Å². The van der Waals surface area contributed by atoms with Crippen LogP contribution in [-0.2, 0) is 10.1 Å². The lowest BCUT2D eigenvalue weighted by atomic mass is 10.2. The van der Waals surface area contributed by atoms with Crippen molar-refractivity contribution in [1.29, 1.82) is 0 Å². The van der Waals surface area contributed by atoms with Gasteiger partial charge in [0.05, 0.1) is 16.3 Å². The van der Waals surface area contributed by atoms with E-state index in [1.54, 1.807) is 0 Å². The predicted octanol–water partition coefficient (Wildman–Crippen LogP) is 4.19. The predicted molar refractivity (Wildman–Crippen MR) is 90.4 cm³/mol. The third-order valence-corrected chi connectivity index (χ3v) is 4.26. The highest BCUT2D eigenvalue weighted by Gasteiger charge is 2.09. The van der Waals surface area contributed by atoms with E-state index in [0.717, 1.165) is 24.5 Å². The van der Waals surface area contributed by atoms with Crippen LogP contribution >= 0.6 is 0 Å². The summed E-state index contributed by atoms with van der Waals surface area (Å²) in [5.74, 6) is 0. The molecule has 0 aliphatic rings. The third kappa shape index (κ3) is 4.37. The first-order valence-corrected chi connectivity index (χ1v) is 8.73. The Balaban J connectivity index is 2.27. The first-order chi connectivity index (χ1) is 11.0. The Kier molecular flexibility index (Phi) is 5.46. The molecule has 0 amide bonds. The van der Waals surface area contributed by atoms with Crippen molar-refractivity contribution in [3.8, 4) is 0 Å². The topological polar surface area (TPSA) is 82.3 Å². The molecule has 2 rings (SSSR count). The highest BCUT2D eigenvalue weighted by molar-refractivity contribution is 7.85. The zero-order chi connectivity index (χ0) is 16.9. The Morgan fingerprint density at radius 2 is 1.57 bits per heavy atom. The van der Waals surface area contributed by atoms with E-state index in [4.69, 9.17) is 4.55 Å². The number of rotatable bonds is 6. The van der Waals surface area contributed by atoms with E-state index in [1.807, 2.05) is 24.3 Å². The van der Waals surface area contributed by atoms with E-state index in [2.05, 4.69) is 29.0 Å². The summed E-state index contributed by atoms with van der Waals surface area (Å²) < 4.78 is 31.0. The molecule has 2 aromatic rings. The molecule has 0 saturated carbocycles. The molecule has 0 fully saturated rings. The van der Waals surface area contributed by atoms with Crippen LogP contribution in [0, 0.1) is 0 Å². The summed E-state index contributed by atoms with van der Waals surface area (Å²) in [4.78, 5) is 2.01. The molecule has 23 heavy (non-hydrogen) atoms. The quantitative estimate of drug-likeness (QED) is 0.634. The summed E-state index contributed by atoms with van der Waals surface area (Å²) in [6, 6.07) is 13.3. The fourth-order valence-corrected chi connectivity index (χ4v) is 2.66. The lowest BCUT2D eigenvalue weighted by Crippen LogP contribution is -2.21. The van der Waals surface area contributed by atoms with Crippen LogP contribution in [0.5, 0.6) is 0 Å². The van der Waals surface area contributed by atoms with Gasteiger partial charge in [0.15, 0.2) is 0 Å². The molecular weight excluding hydrogens is 314 g/mol. The first-order valence-electron chi connectivity index (χ1n) is 7.29. The maximum absolute atomic E-state index is 11.0. The van der Waals surface area contributed by atoms with Crippen LogP contribution in [-0.4, -0.2) is 26.1 Å². The molecule has 0 radical (unpaired) electrons. The van der Waals surface area contributed by atoms with Crippen molar-refractivity contribution in [2.75, 3.05) is 18.0 Å². The van der Waals surface area contributed by atoms with Crippen LogP contribution in [0.25, 0.3) is 0 Å². The summed E-state index contributed by atoms with van der Waals surface area (Å²) in [5.41, 5.74) is 2.25. The normalized spacial score (nSPS) is 11.8. The molecule has 0 aromatic heterocycles. The Morgan fingerprint density at radius 3 is 2.13 bits per heavy atom. The van der Waals surface area contributed by atoms with Gasteiger partial charge in [-0.2, -0.15) is 13.5 Å². The van der Waals surface area contributed by atoms with Crippen molar-refractivity contribution >= 4 is 27.2 Å². The van der Waals surface area contributed by atoms with Gasteiger partial charge in [0.1, 0.15) is 5.69 Å². The van der Waals surface area contributed by atoms with Crippen LogP contribution in [0.2, 0.25) is 0 Å². The Hall–Kier alpha value is -2.25. The minimum absolute atomic E-state index is 0.167. The Labute approximate surface area is 136 Å². The largest absolute Gasteiger partial charge is 0.370 e. The van der Waals surface area contributed by atoms with E-state index in [0.29, 0.717) is 5.69 Å².